The second-order valence-electron chi connectivity index (χ2n) is 5.67. The molecule has 1 saturated carbocycles. The third-order valence-electron chi connectivity index (χ3n) is 4.07. The summed E-state index contributed by atoms with van der Waals surface area (Å²) < 4.78 is 30.6. The Morgan fingerprint density at radius 2 is 2.00 bits per heavy atom. The van der Waals surface area contributed by atoms with Crippen LogP contribution in [-0.2, 0) is 16.8 Å². The van der Waals surface area contributed by atoms with E-state index in [0.29, 0.717) is 19.6 Å². The molecule has 0 bridgehead atoms. The molecule has 2 aliphatic rings. The van der Waals surface area contributed by atoms with Gasteiger partial charge in [0.15, 0.2) is 0 Å². The molecule has 0 atom stereocenters. The highest BCUT2D eigenvalue weighted by Crippen LogP contribution is 2.46. The van der Waals surface area contributed by atoms with Crippen molar-refractivity contribution in [3.8, 4) is 0 Å². The van der Waals surface area contributed by atoms with E-state index < -0.39 is 10.2 Å². The van der Waals surface area contributed by atoms with Crippen LogP contribution in [0.25, 0.3) is 0 Å². The van der Waals surface area contributed by atoms with Crippen LogP contribution in [0.2, 0.25) is 0 Å². The Balaban J connectivity index is 1.57. The molecule has 3 rings (SSSR count). The Morgan fingerprint density at radius 1 is 1.26 bits per heavy atom. The summed E-state index contributed by atoms with van der Waals surface area (Å²) in [4.78, 5) is 4.02. The van der Waals surface area contributed by atoms with Crippen LogP contribution in [0.15, 0.2) is 18.7 Å². The van der Waals surface area contributed by atoms with Gasteiger partial charge in [-0.25, -0.2) is 9.71 Å². The van der Waals surface area contributed by atoms with Crippen molar-refractivity contribution in [2.24, 2.45) is 5.41 Å². The van der Waals surface area contributed by atoms with Crippen molar-refractivity contribution in [2.75, 3.05) is 19.6 Å². The fraction of sp³-hybridized carbons (Fsp3) is 0.750. The molecule has 1 aromatic rings. The fourth-order valence-corrected chi connectivity index (χ4v) is 4.01. The van der Waals surface area contributed by atoms with Crippen LogP contribution >= 0.6 is 0 Å². The molecule has 1 aliphatic heterocycles. The van der Waals surface area contributed by atoms with Crippen LogP contribution in [0.3, 0.4) is 0 Å². The molecular weight excluding hydrogens is 264 g/mol. The molecule has 2 fully saturated rings. The van der Waals surface area contributed by atoms with Gasteiger partial charge in [-0.1, -0.05) is 0 Å². The number of aromatic nitrogens is 2. The van der Waals surface area contributed by atoms with E-state index in [4.69, 9.17) is 0 Å². The molecule has 1 aliphatic carbocycles. The van der Waals surface area contributed by atoms with Gasteiger partial charge in [-0.15, -0.1) is 0 Å². The lowest BCUT2D eigenvalue weighted by Gasteiger charge is -2.20. The van der Waals surface area contributed by atoms with Crippen molar-refractivity contribution < 1.29 is 8.42 Å². The molecule has 0 unspecified atom stereocenters. The molecule has 1 N–H and O–H groups in total. The van der Waals surface area contributed by atoms with E-state index in [9.17, 15) is 8.42 Å². The van der Waals surface area contributed by atoms with Crippen LogP contribution in [0.5, 0.6) is 0 Å². The number of rotatable bonds is 6. The zero-order valence-corrected chi connectivity index (χ0v) is 11.8. The van der Waals surface area contributed by atoms with Crippen molar-refractivity contribution in [1.29, 1.82) is 0 Å². The topological polar surface area (TPSA) is 67.2 Å². The van der Waals surface area contributed by atoms with Crippen molar-refractivity contribution in [3.63, 3.8) is 0 Å². The Morgan fingerprint density at radius 3 is 2.58 bits per heavy atom. The van der Waals surface area contributed by atoms with Gasteiger partial charge in [0, 0.05) is 44.0 Å². The highest BCUT2D eigenvalue weighted by Gasteiger charge is 2.44. The summed E-state index contributed by atoms with van der Waals surface area (Å²) in [7, 11) is -3.27. The molecule has 0 spiro atoms. The predicted octanol–water partition coefficient (Wildman–Crippen LogP) is 0.593. The van der Waals surface area contributed by atoms with Crippen molar-refractivity contribution >= 4 is 10.2 Å². The van der Waals surface area contributed by atoms with Gasteiger partial charge in [0.05, 0.1) is 6.33 Å². The summed E-state index contributed by atoms with van der Waals surface area (Å²) in [6, 6.07) is 0. The van der Waals surface area contributed by atoms with E-state index in [0.717, 1.165) is 32.2 Å². The lowest BCUT2D eigenvalue weighted by molar-refractivity contribution is 0.402. The summed E-state index contributed by atoms with van der Waals surface area (Å²) >= 11 is 0. The van der Waals surface area contributed by atoms with Gasteiger partial charge in [0.1, 0.15) is 0 Å². The highest BCUT2D eigenvalue weighted by atomic mass is 32.2. The molecular formula is C12H20N4O2S. The average molecular weight is 284 g/mol. The monoisotopic (exact) mass is 284 g/mol. The number of nitrogens with one attached hydrogen (secondary N) is 1. The van der Waals surface area contributed by atoms with Crippen LogP contribution in [0.4, 0.5) is 0 Å². The Labute approximate surface area is 114 Å². The number of hydrogen-bond donors (Lipinski definition) is 1. The van der Waals surface area contributed by atoms with E-state index in [1.54, 1.807) is 16.8 Å². The van der Waals surface area contributed by atoms with Crippen molar-refractivity contribution in [1.82, 2.24) is 18.6 Å². The van der Waals surface area contributed by atoms with E-state index in [2.05, 4.69) is 9.71 Å². The predicted molar refractivity (Wildman–Crippen MR) is 71.6 cm³/mol. The molecule has 6 nitrogen and oxygen atoms in total. The Bertz CT molecular complexity index is 516. The molecule has 1 aromatic heterocycles. The van der Waals surface area contributed by atoms with Gasteiger partial charge in [-0.3, -0.25) is 0 Å². The second kappa shape index (κ2) is 4.88. The van der Waals surface area contributed by atoms with Gasteiger partial charge in [0.25, 0.3) is 10.2 Å². The average Bonchev–Trinajstić information content (AvgIpc) is 2.86. The SMILES string of the molecule is O=S(=O)(NCC1(Cn2ccnc2)CC1)N1CCCC1. The van der Waals surface area contributed by atoms with Crippen LogP contribution < -0.4 is 4.72 Å². The maximum atomic E-state index is 12.1. The maximum absolute atomic E-state index is 12.1. The van der Waals surface area contributed by atoms with Crippen LogP contribution in [-0.4, -0.2) is 41.9 Å². The maximum Gasteiger partial charge on any atom is 0.279 e. The van der Waals surface area contributed by atoms with Crippen LogP contribution in [0.1, 0.15) is 25.7 Å². The quantitative estimate of drug-likeness (QED) is 0.831. The first-order chi connectivity index (χ1) is 9.10. The number of imidazole rings is 1. The zero-order valence-electron chi connectivity index (χ0n) is 11.0. The first kappa shape index (κ1) is 13.1. The minimum Gasteiger partial charge on any atom is -0.337 e. The van der Waals surface area contributed by atoms with Gasteiger partial charge < -0.3 is 4.57 Å². The summed E-state index contributed by atoms with van der Waals surface area (Å²) in [5, 5.41) is 0. The molecule has 7 heteroatoms. The molecule has 1 saturated heterocycles. The summed E-state index contributed by atoms with van der Waals surface area (Å²) in [5.41, 5.74) is 0.0908. The molecule has 19 heavy (non-hydrogen) atoms. The van der Waals surface area contributed by atoms with Gasteiger partial charge in [-0.05, 0) is 25.7 Å². The molecule has 0 amide bonds. The molecule has 0 aromatic carbocycles. The number of nitrogens with zero attached hydrogens (tertiary/aromatic N) is 3. The minimum absolute atomic E-state index is 0.0908. The second-order valence-corrected chi connectivity index (χ2v) is 7.42. The summed E-state index contributed by atoms with van der Waals surface area (Å²) in [6.45, 7) is 2.69. The zero-order chi connectivity index (χ0) is 13.3. The fourth-order valence-electron chi connectivity index (χ4n) is 2.60. The molecule has 106 valence electrons. The van der Waals surface area contributed by atoms with Gasteiger partial charge >= 0.3 is 0 Å². The summed E-state index contributed by atoms with van der Waals surface area (Å²) in [5.74, 6) is 0. The lowest BCUT2D eigenvalue weighted by Crippen LogP contribution is -2.42. The first-order valence-electron chi connectivity index (χ1n) is 6.80. The van der Waals surface area contributed by atoms with Crippen LogP contribution in [0, 0.1) is 5.41 Å². The van der Waals surface area contributed by atoms with E-state index >= 15 is 0 Å². The number of hydrogen-bond acceptors (Lipinski definition) is 3. The normalized spacial score (nSPS) is 22.7. The van der Waals surface area contributed by atoms with Gasteiger partial charge in [0.2, 0.25) is 0 Å². The Hall–Kier alpha value is -0.920. The standard InChI is InChI=1S/C12H20N4O2S/c17-19(18,16-6-1-2-7-16)14-9-12(3-4-12)10-15-8-5-13-11-15/h5,8,11,14H,1-4,6-7,9-10H2. The molecule has 2 heterocycles. The lowest BCUT2D eigenvalue weighted by atomic mass is 10.1. The van der Waals surface area contributed by atoms with Crippen molar-refractivity contribution in [3.05, 3.63) is 18.7 Å². The molecule has 0 radical (unpaired) electrons. The summed E-state index contributed by atoms with van der Waals surface area (Å²) in [6.07, 6.45) is 9.57. The largest absolute Gasteiger partial charge is 0.337 e. The third kappa shape index (κ3) is 2.98. The van der Waals surface area contributed by atoms with Gasteiger partial charge in [-0.2, -0.15) is 12.7 Å². The first-order valence-corrected chi connectivity index (χ1v) is 8.24. The highest BCUT2D eigenvalue weighted by molar-refractivity contribution is 7.87. The smallest absolute Gasteiger partial charge is 0.279 e. The minimum atomic E-state index is -3.27. The van der Waals surface area contributed by atoms with E-state index in [-0.39, 0.29) is 5.41 Å². The third-order valence-corrected chi connectivity index (χ3v) is 5.62. The van der Waals surface area contributed by atoms with Crippen molar-refractivity contribution in [2.45, 2.75) is 32.2 Å². The van der Waals surface area contributed by atoms with E-state index in [1.807, 2.05) is 10.8 Å². The Kier molecular flexibility index (Phi) is 3.36. The van der Waals surface area contributed by atoms with E-state index in [1.165, 1.54) is 0 Å².